The molecule has 0 aromatic carbocycles. The van der Waals surface area contributed by atoms with Crippen LogP contribution in [0.3, 0.4) is 0 Å². The van der Waals surface area contributed by atoms with Crippen LogP contribution in [-0.4, -0.2) is 61.2 Å². The van der Waals surface area contributed by atoms with E-state index < -0.39 is 0 Å². The van der Waals surface area contributed by atoms with Crippen LogP contribution in [0.1, 0.15) is 24.2 Å². The summed E-state index contributed by atoms with van der Waals surface area (Å²) in [5.74, 6) is 0.552. The van der Waals surface area contributed by atoms with Crippen molar-refractivity contribution in [2.24, 2.45) is 0 Å². The quantitative estimate of drug-likeness (QED) is 0.817. The van der Waals surface area contributed by atoms with Gasteiger partial charge in [-0.2, -0.15) is 0 Å². The summed E-state index contributed by atoms with van der Waals surface area (Å²) in [6, 6.07) is 3.66. The lowest BCUT2D eigenvalue weighted by Gasteiger charge is -2.29. The molecule has 1 atom stereocenters. The summed E-state index contributed by atoms with van der Waals surface area (Å²) >= 11 is 0. The van der Waals surface area contributed by atoms with Crippen molar-refractivity contribution in [2.75, 3.05) is 44.7 Å². The fourth-order valence-corrected chi connectivity index (χ4v) is 2.42. The molecule has 0 spiro atoms. The fourth-order valence-electron chi connectivity index (χ4n) is 2.42. The zero-order valence-electron chi connectivity index (χ0n) is 12.8. The van der Waals surface area contributed by atoms with Gasteiger partial charge in [0.1, 0.15) is 5.82 Å². The van der Waals surface area contributed by atoms with Gasteiger partial charge in [0, 0.05) is 38.4 Å². The molecule has 2 heterocycles. The number of nitrogens with zero attached hydrogens (tertiary/aromatic N) is 2. The first-order valence-corrected chi connectivity index (χ1v) is 7.50. The van der Waals surface area contributed by atoms with Crippen molar-refractivity contribution in [3.05, 3.63) is 23.9 Å². The van der Waals surface area contributed by atoms with E-state index in [-0.39, 0.29) is 11.9 Å². The van der Waals surface area contributed by atoms with Crippen molar-refractivity contribution >= 4 is 11.7 Å². The number of anilines is 1. The van der Waals surface area contributed by atoms with Gasteiger partial charge in [-0.1, -0.05) is 0 Å². The molecule has 21 heavy (non-hydrogen) atoms. The first kappa shape index (κ1) is 15.7. The number of rotatable bonds is 6. The Bertz CT molecular complexity index is 461. The number of amides is 1. The number of nitrogens with one attached hydrogen (secondary N) is 2. The van der Waals surface area contributed by atoms with E-state index in [4.69, 9.17) is 4.74 Å². The Morgan fingerprint density at radius 2 is 2.24 bits per heavy atom. The fraction of sp³-hybridized carbons (Fsp3) is 0.600. The lowest BCUT2D eigenvalue weighted by Crippen LogP contribution is -2.46. The van der Waals surface area contributed by atoms with Crippen LogP contribution in [0.25, 0.3) is 0 Å². The van der Waals surface area contributed by atoms with Gasteiger partial charge in [0.15, 0.2) is 0 Å². The van der Waals surface area contributed by atoms with Gasteiger partial charge in [-0.3, -0.25) is 9.69 Å². The van der Waals surface area contributed by atoms with Crippen molar-refractivity contribution in [3.8, 4) is 0 Å². The Kier molecular flexibility index (Phi) is 5.95. The molecule has 1 fully saturated rings. The van der Waals surface area contributed by atoms with E-state index >= 15 is 0 Å². The minimum atomic E-state index is -0.0835. The predicted octanol–water partition coefficient (Wildman–Crippen LogP) is 0.964. The molecule has 1 aliphatic heterocycles. The Morgan fingerprint density at radius 1 is 1.48 bits per heavy atom. The van der Waals surface area contributed by atoms with Gasteiger partial charge < -0.3 is 15.4 Å². The first-order chi connectivity index (χ1) is 10.2. The summed E-state index contributed by atoms with van der Waals surface area (Å²) in [5, 5.41) is 6.15. The normalized spacial score (nSPS) is 17.2. The summed E-state index contributed by atoms with van der Waals surface area (Å²) < 4.78 is 5.33. The SMILES string of the molecule is CCNc1ncccc1C(=O)NC(C)CN1CCOCC1. The molecule has 1 aromatic heterocycles. The molecule has 116 valence electrons. The summed E-state index contributed by atoms with van der Waals surface area (Å²) in [4.78, 5) is 18.9. The molecule has 2 rings (SSSR count). The Labute approximate surface area is 125 Å². The Hall–Kier alpha value is -1.66. The van der Waals surface area contributed by atoms with Crippen LogP contribution in [0.5, 0.6) is 0 Å². The predicted molar refractivity (Wildman–Crippen MR) is 82.6 cm³/mol. The van der Waals surface area contributed by atoms with Gasteiger partial charge in [-0.15, -0.1) is 0 Å². The van der Waals surface area contributed by atoms with Gasteiger partial charge in [0.05, 0.1) is 18.8 Å². The minimum Gasteiger partial charge on any atom is -0.379 e. The molecule has 0 saturated carbocycles. The zero-order valence-corrected chi connectivity index (χ0v) is 12.8. The zero-order chi connectivity index (χ0) is 15.1. The summed E-state index contributed by atoms with van der Waals surface area (Å²) in [6.07, 6.45) is 1.69. The number of pyridine rings is 1. The maximum absolute atomic E-state index is 12.4. The third kappa shape index (κ3) is 4.68. The van der Waals surface area contributed by atoms with E-state index in [2.05, 4.69) is 20.5 Å². The molecule has 1 aromatic rings. The van der Waals surface area contributed by atoms with Gasteiger partial charge in [0.2, 0.25) is 0 Å². The third-order valence-corrected chi connectivity index (χ3v) is 3.41. The summed E-state index contributed by atoms with van der Waals surface area (Å²) in [7, 11) is 0. The second-order valence-electron chi connectivity index (χ2n) is 5.22. The average Bonchev–Trinajstić information content (AvgIpc) is 2.49. The smallest absolute Gasteiger partial charge is 0.255 e. The number of morpholine rings is 1. The van der Waals surface area contributed by atoms with E-state index in [0.717, 1.165) is 39.4 Å². The van der Waals surface area contributed by atoms with Gasteiger partial charge >= 0.3 is 0 Å². The van der Waals surface area contributed by atoms with Crippen molar-refractivity contribution in [3.63, 3.8) is 0 Å². The number of ether oxygens (including phenoxy) is 1. The molecule has 1 unspecified atom stereocenters. The molecule has 2 N–H and O–H groups in total. The van der Waals surface area contributed by atoms with Crippen molar-refractivity contribution < 1.29 is 9.53 Å². The largest absolute Gasteiger partial charge is 0.379 e. The van der Waals surface area contributed by atoms with Crippen LogP contribution < -0.4 is 10.6 Å². The molecular weight excluding hydrogens is 268 g/mol. The van der Waals surface area contributed by atoms with E-state index in [9.17, 15) is 4.79 Å². The summed E-state index contributed by atoms with van der Waals surface area (Å²) in [6.45, 7) is 8.98. The van der Waals surface area contributed by atoms with Crippen LogP contribution in [0.4, 0.5) is 5.82 Å². The number of carbonyl (C=O) groups is 1. The maximum Gasteiger partial charge on any atom is 0.255 e. The molecular formula is C15H24N4O2. The number of hydrogen-bond acceptors (Lipinski definition) is 5. The number of aromatic nitrogens is 1. The van der Waals surface area contributed by atoms with Crippen molar-refractivity contribution in [2.45, 2.75) is 19.9 Å². The second kappa shape index (κ2) is 7.95. The van der Waals surface area contributed by atoms with Crippen LogP contribution in [0.15, 0.2) is 18.3 Å². The van der Waals surface area contributed by atoms with E-state index in [1.165, 1.54) is 0 Å². The molecule has 1 aliphatic rings. The highest BCUT2D eigenvalue weighted by Gasteiger charge is 2.17. The monoisotopic (exact) mass is 292 g/mol. The van der Waals surface area contributed by atoms with Gasteiger partial charge in [-0.25, -0.2) is 4.98 Å². The summed E-state index contributed by atoms with van der Waals surface area (Å²) in [5.41, 5.74) is 0.591. The van der Waals surface area contributed by atoms with Crippen molar-refractivity contribution in [1.82, 2.24) is 15.2 Å². The third-order valence-electron chi connectivity index (χ3n) is 3.41. The van der Waals surface area contributed by atoms with E-state index in [0.29, 0.717) is 11.4 Å². The highest BCUT2D eigenvalue weighted by atomic mass is 16.5. The molecule has 0 radical (unpaired) electrons. The highest BCUT2D eigenvalue weighted by molar-refractivity contribution is 5.98. The average molecular weight is 292 g/mol. The van der Waals surface area contributed by atoms with E-state index in [1.54, 1.807) is 18.3 Å². The number of carbonyl (C=O) groups excluding carboxylic acids is 1. The van der Waals surface area contributed by atoms with Gasteiger partial charge in [-0.05, 0) is 26.0 Å². The first-order valence-electron chi connectivity index (χ1n) is 7.50. The van der Waals surface area contributed by atoms with Crippen molar-refractivity contribution in [1.29, 1.82) is 0 Å². The maximum atomic E-state index is 12.4. The second-order valence-corrected chi connectivity index (χ2v) is 5.22. The van der Waals surface area contributed by atoms with Gasteiger partial charge in [0.25, 0.3) is 5.91 Å². The molecule has 0 aliphatic carbocycles. The van der Waals surface area contributed by atoms with Crippen LogP contribution >= 0.6 is 0 Å². The highest BCUT2D eigenvalue weighted by Crippen LogP contribution is 2.11. The molecule has 1 saturated heterocycles. The number of hydrogen-bond donors (Lipinski definition) is 2. The van der Waals surface area contributed by atoms with Crippen LogP contribution in [0.2, 0.25) is 0 Å². The molecule has 6 heteroatoms. The Morgan fingerprint density at radius 3 is 2.95 bits per heavy atom. The van der Waals surface area contributed by atoms with Crippen LogP contribution in [-0.2, 0) is 4.74 Å². The molecule has 1 amide bonds. The lowest BCUT2D eigenvalue weighted by molar-refractivity contribution is 0.0342. The minimum absolute atomic E-state index is 0.0835. The molecule has 6 nitrogen and oxygen atoms in total. The molecule has 0 bridgehead atoms. The van der Waals surface area contributed by atoms with E-state index in [1.807, 2.05) is 13.8 Å². The van der Waals surface area contributed by atoms with Crippen LogP contribution in [0, 0.1) is 0 Å². The Balaban J connectivity index is 1.91. The standard InChI is InChI=1S/C15H24N4O2/c1-3-16-14-13(5-4-6-17-14)15(20)18-12(2)11-19-7-9-21-10-8-19/h4-6,12H,3,7-11H2,1-2H3,(H,16,17)(H,18,20). The topological polar surface area (TPSA) is 66.5 Å². The lowest BCUT2D eigenvalue weighted by atomic mass is 10.2.